The minimum absolute atomic E-state index is 0.344. The first-order valence-electron chi connectivity index (χ1n) is 8.44. The molecular weight excluding hydrogens is 376 g/mol. The van der Waals surface area contributed by atoms with Crippen LogP contribution in [0.15, 0.2) is 76.6 Å². The Kier molecular flexibility index (Phi) is 5.96. The predicted molar refractivity (Wildman–Crippen MR) is 110 cm³/mol. The van der Waals surface area contributed by atoms with Crippen molar-refractivity contribution in [1.29, 1.82) is 0 Å². The van der Waals surface area contributed by atoms with Crippen molar-refractivity contribution >= 4 is 29.3 Å². The molecule has 0 aliphatic rings. The highest BCUT2D eigenvalue weighted by molar-refractivity contribution is 7.98. The molecule has 0 atom stereocenters. The predicted octanol–water partition coefficient (Wildman–Crippen LogP) is 3.57. The summed E-state index contributed by atoms with van der Waals surface area (Å²) in [6, 6.07) is 18.0. The van der Waals surface area contributed by atoms with Crippen LogP contribution in [0.3, 0.4) is 0 Å². The summed E-state index contributed by atoms with van der Waals surface area (Å²) in [7, 11) is 0. The van der Waals surface area contributed by atoms with Crippen molar-refractivity contribution in [2.45, 2.75) is 11.4 Å². The van der Waals surface area contributed by atoms with Crippen LogP contribution in [0.4, 0.5) is 5.69 Å². The molecule has 1 amide bonds. The lowest BCUT2D eigenvalue weighted by molar-refractivity contribution is -0.137. The molecule has 0 unspecified atom stereocenters. The minimum Gasteiger partial charge on any atom is -0.480 e. The van der Waals surface area contributed by atoms with E-state index >= 15 is 0 Å². The zero-order chi connectivity index (χ0) is 20.1. The SMILES string of the molecule is CSc1ccc(-c2cccc(C(=O)Nc3ccc(=O)n(CC(=O)O)c3)c2)cc1. The molecule has 0 radical (unpaired) electrons. The Hall–Kier alpha value is -3.32. The number of carboxylic acid groups (broad SMARTS) is 1. The Labute approximate surface area is 165 Å². The third kappa shape index (κ3) is 4.69. The van der Waals surface area contributed by atoms with E-state index in [0.717, 1.165) is 20.6 Å². The number of hydrogen-bond acceptors (Lipinski definition) is 4. The van der Waals surface area contributed by atoms with Gasteiger partial charge in [-0.2, -0.15) is 0 Å². The van der Waals surface area contributed by atoms with Gasteiger partial charge in [-0.1, -0.05) is 24.3 Å². The quantitative estimate of drug-likeness (QED) is 0.624. The summed E-state index contributed by atoms with van der Waals surface area (Å²) >= 11 is 1.66. The van der Waals surface area contributed by atoms with E-state index in [1.54, 1.807) is 30.0 Å². The van der Waals surface area contributed by atoms with Crippen LogP contribution in [0.5, 0.6) is 0 Å². The standard InChI is InChI=1S/C21H18N2O4S/c1-28-18-8-5-14(6-9-18)15-3-2-4-16(11-15)21(27)22-17-7-10-19(24)23(12-17)13-20(25)26/h2-12H,13H2,1H3,(H,22,27)(H,25,26). The van der Waals surface area contributed by atoms with Crippen molar-refractivity contribution in [2.75, 3.05) is 11.6 Å². The summed E-state index contributed by atoms with van der Waals surface area (Å²) < 4.78 is 1.03. The number of aromatic nitrogens is 1. The first-order valence-corrected chi connectivity index (χ1v) is 9.67. The van der Waals surface area contributed by atoms with Gasteiger partial charge in [0.1, 0.15) is 6.54 Å². The smallest absolute Gasteiger partial charge is 0.323 e. The fourth-order valence-electron chi connectivity index (χ4n) is 2.70. The van der Waals surface area contributed by atoms with E-state index in [1.807, 2.05) is 36.6 Å². The van der Waals surface area contributed by atoms with Crippen LogP contribution >= 0.6 is 11.8 Å². The van der Waals surface area contributed by atoms with Gasteiger partial charge in [0.05, 0.1) is 5.69 Å². The molecule has 28 heavy (non-hydrogen) atoms. The maximum absolute atomic E-state index is 12.6. The van der Waals surface area contributed by atoms with E-state index < -0.39 is 18.1 Å². The Morgan fingerprint density at radius 1 is 1.04 bits per heavy atom. The van der Waals surface area contributed by atoms with E-state index in [2.05, 4.69) is 5.32 Å². The molecule has 1 heterocycles. The highest BCUT2D eigenvalue weighted by Gasteiger charge is 2.10. The fraction of sp³-hybridized carbons (Fsp3) is 0.0952. The monoisotopic (exact) mass is 394 g/mol. The summed E-state index contributed by atoms with van der Waals surface area (Å²) in [4.78, 5) is 36.3. The lowest BCUT2D eigenvalue weighted by Crippen LogP contribution is -2.24. The highest BCUT2D eigenvalue weighted by Crippen LogP contribution is 2.24. The number of thioether (sulfide) groups is 1. The number of carbonyl (C=O) groups excluding carboxylic acids is 1. The molecule has 0 saturated carbocycles. The molecule has 2 N–H and O–H groups in total. The zero-order valence-corrected chi connectivity index (χ0v) is 15.9. The molecule has 6 nitrogen and oxygen atoms in total. The molecule has 0 aliphatic carbocycles. The van der Waals surface area contributed by atoms with Gasteiger partial charge in [-0.05, 0) is 47.7 Å². The van der Waals surface area contributed by atoms with Crippen LogP contribution in [0.1, 0.15) is 10.4 Å². The number of amides is 1. The van der Waals surface area contributed by atoms with Crippen LogP contribution < -0.4 is 10.9 Å². The molecule has 0 spiro atoms. The van der Waals surface area contributed by atoms with Gasteiger partial charge in [0.15, 0.2) is 0 Å². The molecule has 1 aromatic heterocycles. The number of carbonyl (C=O) groups is 2. The summed E-state index contributed by atoms with van der Waals surface area (Å²) in [5.41, 5.74) is 2.28. The van der Waals surface area contributed by atoms with Gasteiger partial charge in [0.2, 0.25) is 0 Å². The van der Waals surface area contributed by atoms with Gasteiger partial charge < -0.3 is 15.0 Å². The summed E-state index contributed by atoms with van der Waals surface area (Å²) in [5, 5.41) is 11.6. The number of nitrogens with zero attached hydrogens (tertiary/aromatic N) is 1. The van der Waals surface area contributed by atoms with Crippen LogP contribution in [0.25, 0.3) is 11.1 Å². The highest BCUT2D eigenvalue weighted by atomic mass is 32.2. The summed E-state index contributed by atoms with van der Waals surface area (Å²) in [5.74, 6) is -1.48. The van der Waals surface area contributed by atoms with Crippen molar-refractivity contribution in [3.8, 4) is 11.1 Å². The fourth-order valence-corrected chi connectivity index (χ4v) is 3.11. The van der Waals surface area contributed by atoms with Crippen LogP contribution in [0, 0.1) is 0 Å². The number of nitrogens with one attached hydrogen (secondary N) is 1. The van der Waals surface area contributed by atoms with Crippen LogP contribution in [-0.4, -0.2) is 27.8 Å². The first kappa shape index (κ1) is 19.4. The Morgan fingerprint density at radius 2 is 1.79 bits per heavy atom. The van der Waals surface area contributed by atoms with Crippen molar-refractivity contribution in [2.24, 2.45) is 0 Å². The van der Waals surface area contributed by atoms with Crippen molar-refractivity contribution in [3.63, 3.8) is 0 Å². The number of benzene rings is 2. The van der Waals surface area contributed by atoms with E-state index in [9.17, 15) is 14.4 Å². The van der Waals surface area contributed by atoms with Gasteiger partial charge >= 0.3 is 5.97 Å². The van der Waals surface area contributed by atoms with Gasteiger partial charge in [-0.15, -0.1) is 11.8 Å². The maximum atomic E-state index is 12.6. The molecule has 3 aromatic rings. The number of pyridine rings is 1. The molecular formula is C21H18N2O4S. The molecule has 0 saturated heterocycles. The molecule has 0 bridgehead atoms. The molecule has 7 heteroatoms. The van der Waals surface area contributed by atoms with E-state index in [1.165, 1.54) is 18.3 Å². The van der Waals surface area contributed by atoms with Crippen molar-refractivity contribution in [1.82, 2.24) is 4.57 Å². The molecule has 3 rings (SSSR count). The molecule has 0 fully saturated rings. The molecule has 0 aliphatic heterocycles. The average molecular weight is 394 g/mol. The van der Waals surface area contributed by atoms with E-state index in [0.29, 0.717) is 11.3 Å². The third-order valence-electron chi connectivity index (χ3n) is 4.10. The second-order valence-corrected chi connectivity index (χ2v) is 6.92. The Balaban J connectivity index is 1.81. The Bertz CT molecular complexity index is 1070. The molecule has 2 aromatic carbocycles. The summed E-state index contributed by atoms with van der Waals surface area (Å²) in [6.45, 7) is -0.468. The summed E-state index contributed by atoms with van der Waals surface area (Å²) in [6.07, 6.45) is 3.33. The normalized spacial score (nSPS) is 10.5. The van der Waals surface area contributed by atoms with E-state index in [4.69, 9.17) is 5.11 Å². The van der Waals surface area contributed by atoms with Crippen LogP contribution in [0.2, 0.25) is 0 Å². The van der Waals surface area contributed by atoms with Crippen molar-refractivity contribution < 1.29 is 14.7 Å². The van der Waals surface area contributed by atoms with Crippen molar-refractivity contribution in [3.05, 3.63) is 82.8 Å². The zero-order valence-electron chi connectivity index (χ0n) is 15.1. The first-order chi connectivity index (χ1) is 13.5. The number of hydrogen-bond donors (Lipinski definition) is 2. The Morgan fingerprint density at radius 3 is 2.46 bits per heavy atom. The minimum atomic E-state index is -1.13. The van der Waals surface area contributed by atoms with Gasteiger partial charge in [-0.3, -0.25) is 14.4 Å². The lowest BCUT2D eigenvalue weighted by atomic mass is 10.0. The van der Waals surface area contributed by atoms with E-state index in [-0.39, 0.29) is 5.91 Å². The third-order valence-corrected chi connectivity index (χ3v) is 4.84. The second kappa shape index (κ2) is 8.58. The van der Waals surface area contributed by atoms with Crippen LogP contribution in [-0.2, 0) is 11.3 Å². The molecule has 142 valence electrons. The number of aliphatic carboxylic acids is 1. The largest absolute Gasteiger partial charge is 0.480 e. The number of rotatable bonds is 6. The van der Waals surface area contributed by atoms with Gasteiger partial charge in [-0.25, -0.2) is 0 Å². The second-order valence-electron chi connectivity index (χ2n) is 6.04. The lowest BCUT2D eigenvalue weighted by Gasteiger charge is -2.09. The number of anilines is 1. The number of carboxylic acids is 1. The topological polar surface area (TPSA) is 88.4 Å². The maximum Gasteiger partial charge on any atom is 0.323 e. The van der Waals surface area contributed by atoms with Gasteiger partial charge in [0, 0.05) is 22.7 Å². The van der Waals surface area contributed by atoms with Gasteiger partial charge in [0.25, 0.3) is 11.5 Å². The average Bonchev–Trinajstić information content (AvgIpc) is 2.70.